The zero-order valence-electron chi connectivity index (χ0n) is 11.1. The van der Waals surface area contributed by atoms with Gasteiger partial charge in [0.25, 0.3) is 0 Å². The summed E-state index contributed by atoms with van der Waals surface area (Å²) in [6, 6.07) is 5.38. The van der Waals surface area contributed by atoms with Crippen LogP contribution >= 0.6 is 15.9 Å². The lowest BCUT2D eigenvalue weighted by molar-refractivity contribution is 0.488. The fraction of sp³-hybridized carbons (Fsp3) is 0.200. The second kappa shape index (κ2) is 6.58. The molecular weight excluding hydrogens is 350 g/mol. The van der Waals surface area contributed by atoms with Crippen molar-refractivity contribution < 1.29 is 17.6 Å². The van der Waals surface area contributed by atoms with Crippen molar-refractivity contribution in [3.63, 3.8) is 0 Å². The fourth-order valence-corrected chi connectivity index (χ4v) is 2.71. The van der Waals surface area contributed by atoms with Crippen molar-refractivity contribution in [2.75, 3.05) is 7.05 Å². The van der Waals surface area contributed by atoms with Crippen LogP contribution in [-0.2, 0) is 6.42 Å². The van der Waals surface area contributed by atoms with Gasteiger partial charge < -0.3 is 5.32 Å². The maximum Gasteiger partial charge on any atom is 0.173 e. The average Bonchev–Trinajstić information content (AvgIpc) is 2.46. The molecule has 1 atom stereocenters. The van der Waals surface area contributed by atoms with Gasteiger partial charge in [0.15, 0.2) is 11.6 Å². The van der Waals surface area contributed by atoms with Crippen LogP contribution in [0.3, 0.4) is 0 Å². The third-order valence-electron chi connectivity index (χ3n) is 3.26. The highest BCUT2D eigenvalue weighted by atomic mass is 79.9. The summed E-state index contributed by atoms with van der Waals surface area (Å²) < 4.78 is 54.1. The molecule has 0 spiro atoms. The van der Waals surface area contributed by atoms with Gasteiger partial charge in [0, 0.05) is 11.6 Å². The molecule has 1 unspecified atom stereocenters. The van der Waals surface area contributed by atoms with Crippen LogP contribution < -0.4 is 5.32 Å². The molecule has 0 aliphatic rings. The molecule has 0 saturated heterocycles. The number of hydrogen-bond donors (Lipinski definition) is 1. The highest BCUT2D eigenvalue weighted by Crippen LogP contribution is 2.30. The van der Waals surface area contributed by atoms with E-state index in [9.17, 15) is 17.6 Å². The summed E-state index contributed by atoms with van der Waals surface area (Å²) in [5.74, 6) is -3.36. The van der Waals surface area contributed by atoms with Crippen LogP contribution in [0, 0.1) is 23.3 Å². The smallest absolute Gasteiger partial charge is 0.173 e. The summed E-state index contributed by atoms with van der Waals surface area (Å²) in [7, 11) is 1.58. The van der Waals surface area contributed by atoms with Crippen LogP contribution in [0.2, 0.25) is 0 Å². The predicted octanol–water partition coefficient (Wildman–Crippen LogP) is 4.51. The van der Waals surface area contributed by atoms with Crippen LogP contribution in [0.25, 0.3) is 0 Å². The first kappa shape index (κ1) is 16.0. The molecular formula is C15H12BrF4N. The summed E-state index contributed by atoms with van der Waals surface area (Å²) in [4.78, 5) is 0. The van der Waals surface area contributed by atoms with Gasteiger partial charge in [-0.15, -0.1) is 0 Å². The highest BCUT2D eigenvalue weighted by molar-refractivity contribution is 9.10. The van der Waals surface area contributed by atoms with Gasteiger partial charge in [-0.25, -0.2) is 17.6 Å². The van der Waals surface area contributed by atoms with E-state index in [0.717, 1.165) is 18.2 Å². The minimum absolute atomic E-state index is 0.0291. The standard InChI is InChI=1S/C15H12BrF4N/c1-21-13(7-9-10(17)3-2-4-11(9)18)8-5-6-12(19)15(20)14(8)16/h2-6,13,21H,7H2,1H3. The first-order valence-corrected chi connectivity index (χ1v) is 6.98. The Kier molecular flexibility index (Phi) is 5.00. The summed E-state index contributed by atoms with van der Waals surface area (Å²) in [5, 5.41) is 2.86. The van der Waals surface area contributed by atoms with E-state index in [1.54, 1.807) is 7.05 Å². The van der Waals surface area contributed by atoms with Gasteiger partial charge in [-0.1, -0.05) is 12.1 Å². The lowest BCUT2D eigenvalue weighted by atomic mass is 9.98. The average molecular weight is 362 g/mol. The molecule has 0 heterocycles. The topological polar surface area (TPSA) is 12.0 Å². The Morgan fingerprint density at radius 1 is 1.00 bits per heavy atom. The molecule has 0 fully saturated rings. The van der Waals surface area contributed by atoms with Crippen molar-refractivity contribution in [1.82, 2.24) is 5.32 Å². The molecule has 112 valence electrons. The van der Waals surface area contributed by atoms with Crippen LogP contribution in [0.5, 0.6) is 0 Å². The minimum Gasteiger partial charge on any atom is -0.313 e. The molecule has 2 rings (SSSR count). The predicted molar refractivity (Wildman–Crippen MR) is 75.9 cm³/mol. The second-order valence-electron chi connectivity index (χ2n) is 4.51. The van der Waals surface area contributed by atoms with Crippen molar-refractivity contribution in [1.29, 1.82) is 0 Å². The van der Waals surface area contributed by atoms with E-state index in [1.165, 1.54) is 12.1 Å². The molecule has 0 aromatic heterocycles. The molecule has 0 aliphatic heterocycles. The van der Waals surface area contributed by atoms with Crippen LogP contribution in [-0.4, -0.2) is 7.05 Å². The minimum atomic E-state index is -1.03. The molecule has 0 aliphatic carbocycles. The number of benzene rings is 2. The molecule has 0 radical (unpaired) electrons. The van der Waals surface area contributed by atoms with Crippen LogP contribution in [0.4, 0.5) is 17.6 Å². The van der Waals surface area contributed by atoms with Crippen molar-refractivity contribution in [3.05, 3.63) is 69.2 Å². The van der Waals surface area contributed by atoms with Crippen molar-refractivity contribution in [2.24, 2.45) is 0 Å². The van der Waals surface area contributed by atoms with Gasteiger partial charge in [-0.2, -0.15) is 0 Å². The first-order chi connectivity index (χ1) is 9.95. The van der Waals surface area contributed by atoms with E-state index >= 15 is 0 Å². The number of rotatable bonds is 4. The van der Waals surface area contributed by atoms with Gasteiger partial charge in [0.1, 0.15) is 11.6 Å². The highest BCUT2D eigenvalue weighted by Gasteiger charge is 2.21. The molecule has 0 amide bonds. The Bertz CT molecular complexity index is 640. The molecule has 0 bridgehead atoms. The van der Waals surface area contributed by atoms with Gasteiger partial charge in [0.05, 0.1) is 4.47 Å². The zero-order chi connectivity index (χ0) is 15.6. The van der Waals surface area contributed by atoms with Crippen LogP contribution in [0.1, 0.15) is 17.2 Å². The maximum atomic E-state index is 13.7. The number of likely N-dealkylation sites (N-methyl/N-ethyl adjacent to an activating group) is 1. The largest absolute Gasteiger partial charge is 0.313 e. The van der Waals surface area contributed by atoms with E-state index in [-0.39, 0.29) is 16.5 Å². The molecule has 6 heteroatoms. The number of hydrogen-bond acceptors (Lipinski definition) is 1. The van der Waals surface area contributed by atoms with Gasteiger partial charge in [0.2, 0.25) is 0 Å². The molecule has 2 aromatic carbocycles. The SMILES string of the molecule is CNC(Cc1c(F)cccc1F)c1ccc(F)c(F)c1Br. The summed E-state index contributed by atoms with van der Waals surface area (Å²) in [6.45, 7) is 0. The van der Waals surface area contributed by atoms with Crippen molar-refractivity contribution in [3.8, 4) is 0 Å². The summed E-state index contributed by atoms with van der Waals surface area (Å²) >= 11 is 2.98. The van der Waals surface area contributed by atoms with Gasteiger partial charge in [-0.3, -0.25) is 0 Å². The van der Waals surface area contributed by atoms with E-state index in [4.69, 9.17) is 0 Å². The van der Waals surface area contributed by atoms with E-state index in [1.807, 2.05) is 0 Å². The number of nitrogens with one attached hydrogen (secondary N) is 1. The second-order valence-corrected chi connectivity index (χ2v) is 5.30. The summed E-state index contributed by atoms with van der Waals surface area (Å²) in [6.07, 6.45) is -0.0291. The molecule has 1 N–H and O–H groups in total. The third kappa shape index (κ3) is 3.27. The van der Waals surface area contributed by atoms with Gasteiger partial charge >= 0.3 is 0 Å². The zero-order valence-corrected chi connectivity index (χ0v) is 12.6. The third-order valence-corrected chi connectivity index (χ3v) is 4.06. The van der Waals surface area contributed by atoms with Crippen molar-refractivity contribution in [2.45, 2.75) is 12.5 Å². The quantitative estimate of drug-likeness (QED) is 0.624. The number of halogens is 5. The monoisotopic (exact) mass is 361 g/mol. The Hall–Kier alpha value is -1.40. The lowest BCUT2D eigenvalue weighted by Crippen LogP contribution is -2.21. The Morgan fingerprint density at radius 3 is 2.19 bits per heavy atom. The van der Waals surface area contributed by atoms with Crippen molar-refractivity contribution >= 4 is 15.9 Å². The lowest BCUT2D eigenvalue weighted by Gasteiger charge is -2.19. The Labute approximate surface area is 128 Å². The van der Waals surface area contributed by atoms with E-state index in [0.29, 0.717) is 5.56 Å². The first-order valence-electron chi connectivity index (χ1n) is 6.19. The molecule has 1 nitrogen and oxygen atoms in total. The molecule has 21 heavy (non-hydrogen) atoms. The Morgan fingerprint density at radius 2 is 1.62 bits per heavy atom. The normalized spacial score (nSPS) is 12.5. The molecule has 0 saturated carbocycles. The van der Waals surface area contributed by atoms with E-state index in [2.05, 4.69) is 21.2 Å². The Balaban J connectivity index is 2.40. The summed E-state index contributed by atoms with van der Waals surface area (Å²) in [5.41, 5.74) is 0.285. The van der Waals surface area contributed by atoms with E-state index < -0.39 is 29.3 Å². The van der Waals surface area contributed by atoms with Crippen LogP contribution in [0.15, 0.2) is 34.8 Å². The molecule has 2 aromatic rings. The van der Waals surface area contributed by atoms with Gasteiger partial charge in [-0.05, 0) is 53.2 Å². The maximum absolute atomic E-state index is 13.7. The fourth-order valence-electron chi connectivity index (χ4n) is 2.11.